The predicted octanol–water partition coefficient (Wildman–Crippen LogP) is 7.59. The van der Waals surface area contributed by atoms with Gasteiger partial charge in [0.25, 0.3) is 5.91 Å². The number of rotatable bonds is 11. The Balaban J connectivity index is 0.974. The molecule has 0 bridgehead atoms. The quantitative estimate of drug-likeness (QED) is 0.101. The number of ether oxygens (including phenoxy) is 4. The lowest BCUT2D eigenvalue weighted by Gasteiger charge is -2.30. The summed E-state index contributed by atoms with van der Waals surface area (Å²) >= 11 is 0. The maximum absolute atomic E-state index is 14.3. The number of imidazole rings is 2. The zero-order chi connectivity index (χ0) is 45.5. The van der Waals surface area contributed by atoms with Crippen LogP contribution >= 0.6 is 0 Å². The van der Waals surface area contributed by atoms with Gasteiger partial charge in [-0.2, -0.15) is 0 Å². The maximum Gasteiger partial charge on any atom is 0.407 e. The van der Waals surface area contributed by atoms with E-state index in [0.29, 0.717) is 49.9 Å². The summed E-state index contributed by atoms with van der Waals surface area (Å²) in [7, 11) is 4.22. The molecule has 6 atom stereocenters. The third-order valence-electron chi connectivity index (χ3n) is 13.0. The molecule has 16 nitrogen and oxygen atoms in total. The Morgan fingerprint density at radius 3 is 2.34 bits per heavy atom. The van der Waals surface area contributed by atoms with Crippen LogP contribution in [0.25, 0.3) is 44.2 Å². The van der Waals surface area contributed by atoms with Gasteiger partial charge in [0.1, 0.15) is 36.1 Å². The van der Waals surface area contributed by atoms with Crippen LogP contribution in [0.3, 0.4) is 0 Å². The average Bonchev–Trinajstić information content (AvgIpc) is 4.15. The molecule has 3 aliphatic heterocycles. The van der Waals surface area contributed by atoms with Crippen molar-refractivity contribution in [2.75, 3.05) is 41.0 Å². The summed E-state index contributed by atoms with van der Waals surface area (Å²) in [5, 5.41) is 7.41. The molecule has 0 aliphatic carbocycles. The van der Waals surface area contributed by atoms with Crippen LogP contribution in [0, 0.1) is 17.8 Å². The van der Waals surface area contributed by atoms with Crippen molar-refractivity contribution >= 4 is 45.8 Å². The van der Waals surface area contributed by atoms with E-state index in [1.807, 2.05) is 55.1 Å². The molecule has 6 aromatic rings. The van der Waals surface area contributed by atoms with Crippen LogP contribution in [-0.4, -0.2) is 101 Å². The highest BCUT2D eigenvalue weighted by Gasteiger charge is 2.42. The van der Waals surface area contributed by atoms with Gasteiger partial charge in [-0.05, 0) is 76.6 Å². The van der Waals surface area contributed by atoms with E-state index in [1.54, 1.807) is 18.2 Å². The number of carbonyl (C=O) groups is 4. The molecule has 2 saturated heterocycles. The Morgan fingerprint density at radius 2 is 1.58 bits per heavy atom. The number of nitrogens with zero attached hydrogens (tertiary/aromatic N) is 4. The molecular weight excluding hydrogens is 829 g/mol. The molecule has 65 heavy (non-hydrogen) atoms. The number of fused-ring (bicyclic) bond motifs is 6. The molecule has 2 aromatic heterocycles. The number of H-pyrrole nitrogens is 2. The topological polar surface area (TPSA) is 193 Å². The summed E-state index contributed by atoms with van der Waals surface area (Å²) in [4.78, 5) is 73.4. The monoisotopic (exact) mass is 882 g/mol. The molecule has 4 aromatic carbocycles. The number of likely N-dealkylation sites (tertiary alicyclic amines) is 2. The SMILES string of the molecule is COC[C@H]1C[C@@H](c2ncc(-c3ccc4c(c3)COc3cc5c(ccc6[nH]c([C@@H]7C[C@H](C)CN7C(=O)[C@@H](NC(=O)OC)C(C)C)nc65)cc3-4)[nH]2)N(C(=O)[C@@H](NC(=O)OC)c2ccccc2)C1. The molecule has 3 aliphatic rings. The van der Waals surface area contributed by atoms with Crippen molar-refractivity contribution in [1.29, 1.82) is 0 Å². The van der Waals surface area contributed by atoms with Crippen molar-refractivity contribution in [3.8, 4) is 28.1 Å². The molecular formula is C49H54N8O8. The summed E-state index contributed by atoms with van der Waals surface area (Å²) in [6.45, 7) is 7.76. The number of aromatic nitrogens is 4. The van der Waals surface area contributed by atoms with E-state index in [9.17, 15) is 19.2 Å². The highest BCUT2D eigenvalue weighted by atomic mass is 16.5. The fourth-order valence-electron chi connectivity index (χ4n) is 9.77. The van der Waals surface area contributed by atoms with Crippen molar-refractivity contribution in [2.24, 2.45) is 17.8 Å². The molecule has 9 rings (SSSR count). The van der Waals surface area contributed by atoms with Crippen LogP contribution in [0.5, 0.6) is 5.75 Å². The van der Waals surface area contributed by atoms with E-state index in [-0.39, 0.29) is 41.7 Å². The Labute approximate surface area is 376 Å². The Hall–Kier alpha value is -6.94. The number of nitrogens with one attached hydrogen (secondary N) is 4. The first-order chi connectivity index (χ1) is 31.4. The number of amides is 4. The minimum Gasteiger partial charge on any atom is -0.488 e. The number of hydrogen-bond acceptors (Lipinski definition) is 10. The molecule has 0 unspecified atom stereocenters. The molecule has 0 saturated carbocycles. The van der Waals surface area contributed by atoms with Gasteiger partial charge in [-0.1, -0.05) is 69.3 Å². The zero-order valence-corrected chi connectivity index (χ0v) is 37.3. The van der Waals surface area contributed by atoms with E-state index in [4.69, 9.17) is 28.9 Å². The molecule has 5 heterocycles. The van der Waals surface area contributed by atoms with Crippen LogP contribution < -0.4 is 15.4 Å². The van der Waals surface area contributed by atoms with Crippen molar-refractivity contribution in [3.05, 3.63) is 102 Å². The molecule has 4 amide bonds. The van der Waals surface area contributed by atoms with Gasteiger partial charge in [0.15, 0.2) is 0 Å². The van der Waals surface area contributed by atoms with Crippen molar-refractivity contribution in [3.63, 3.8) is 0 Å². The van der Waals surface area contributed by atoms with Gasteiger partial charge in [0, 0.05) is 37.1 Å². The first kappa shape index (κ1) is 43.3. The zero-order valence-electron chi connectivity index (χ0n) is 37.3. The van der Waals surface area contributed by atoms with Crippen LogP contribution in [0.15, 0.2) is 79.0 Å². The summed E-state index contributed by atoms with van der Waals surface area (Å²) in [6, 6.07) is 21.4. The van der Waals surface area contributed by atoms with Crippen molar-refractivity contribution < 1.29 is 38.1 Å². The first-order valence-corrected chi connectivity index (χ1v) is 22.1. The van der Waals surface area contributed by atoms with Gasteiger partial charge in [0.2, 0.25) is 5.91 Å². The highest BCUT2D eigenvalue weighted by molar-refractivity contribution is 6.07. The van der Waals surface area contributed by atoms with Crippen LogP contribution in [0.2, 0.25) is 0 Å². The van der Waals surface area contributed by atoms with Gasteiger partial charge in [-0.25, -0.2) is 19.6 Å². The second kappa shape index (κ2) is 17.9. The smallest absolute Gasteiger partial charge is 0.407 e. The van der Waals surface area contributed by atoms with E-state index in [2.05, 4.69) is 63.9 Å². The lowest BCUT2D eigenvalue weighted by molar-refractivity contribution is -0.136. The highest BCUT2D eigenvalue weighted by Crippen LogP contribution is 2.44. The standard InChI is InChI=1S/C49H54N8O8/c1-26(2)41(54-48(60)63-5)46(58)56-22-27(3)16-38(56)45-51-36-15-13-30-19-35-33-14-12-31(18-32(33)25-65-40(35)20-34(30)43(36)53-45)37-21-50-44(52-37)39-17-28(24-62-4)23-57(39)47(59)42(55-49(61)64-6)29-10-8-7-9-11-29/h7-15,18-21,26-28,38-39,41-42H,16-17,22-25H2,1-6H3,(H,50,52)(H,51,53)(H,54,60)(H,55,61)/t27-,28-,38-,39-,41-,42-/m0/s1. The Bertz CT molecular complexity index is 2770. The third-order valence-corrected chi connectivity index (χ3v) is 13.0. The van der Waals surface area contributed by atoms with E-state index in [1.165, 1.54) is 14.2 Å². The summed E-state index contributed by atoms with van der Waals surface area (Å²) < 4.78 is 21.7. The summed E-state index contributed by atoms with van der Waals surface area (Å²) in [5.41, 5.74) is 7.09. The third kappa shape index (κ3) is 8.34. The minimum absolute atomic E-state index is 0.0678. The minimum atomic E-state index is -0.948. The number of aromatic amines is 2. The summed E-state index contributed by atoms with van der Waals surface area (Å²) in [5.74, 6) is 1.86. The molecule has 4 N–H and O–H groups in total. The maximum atomic E-state index is 14.3. The van der Waals surface area contributed by atoms with Crippen molar-refractivity contribution in [2.45, 2.75) is 64.4 Å². The fraction of sp³-hybridized carbons (Fsp3) is 0.388. The number of benzene rings is 4. The van der Waals surface area contributed by atoms with E-state index >= 15 is 0 Å². The Morgan fingerprint density at radius 1 is 0.831 bits per heavy atom. The van der Waals surface area contributed by atoms with E-state index in [0.717, 1.165) is 61.9 Å². The molecule has 16 heteroatoms. The lowest BCUT2D eigenvalue weighted by atomic mass is 9.92. The Kier molecular flexibility index (Phi) is 11.9. The average molecular weight is 883 g/mol. The number of carbonyl (C=O) groups excluding carboxylic acids is 4. The van der Waals surface area contributed by atoms with Crippen LogP contribution in [0.1, 0.15) is 74.5 Å². The van der Waals surface area contributed by atoms with Crippen LogP contribution in [0.4, 0.5) is 9.59 Å². The van der Waals surface area contributed by atoms with Gasteiger partial charge in [-0.3, -0.25) is 9.59 Å². The summed E-state index contributed by atoms with van der Waals surface area (Å²) in [6.07, 6.45) is 1.83. The largest absolute Gasteiger partial charge is 0.488 e. The van der Waals surface area contributed by atoms with E-state index < -0.39 is 24.3 Å². The lowest BCUT2D eigenvalue weighted by Crippen LogP contribution is -2.51. The number of hydrogen-bond donors (Lipinski definition) is 4. The van der Waals surface area contributed by atoms with Gasteiger partial charge < -0.3 is 49.3 Å². The second-order valence-corrected chi connectivity index (χ2v) is 17.7. The normalized spacial score (nSPS) is 20.0. The van der Waals surface area contributed by atoms with Crippen molar-refractivity contribution in [1.82, 2.24) is 40.4 Å². The molecule has 0 spiro atoms. The van der Waals surface area contributed by atoms with Crippen LogP contribution in [-0.2, 0) is 30.4 Å². The number of methoxy groups -OCH3 is 3. The molecule has 0 radical (unpaired) electrons. The fourth-order valence-corrected chi connectivity index (χ4v) is 9.77. The second-order valence-electron chi connectivity index (χ2n) is 17.7. The van der Waals surface area contributed by atoms with Gasteiger partial charge >= 0.3 is 12.2 Å². The first-order valence-electron chi connectivity index (χ1n) is 22.1. The molecule has 2 fully saturated rings. The molecule has 338 valence electrons. The van der Waals surface area contributed by atoms with Gasteiger partial charge in [0.05, 0.1) is 55.8 Å². The van der Waals surface area contributed by atoms with Gasteiger partial charge in [-0.15, -0.1) is 0 Å². The predicted molar refractivity (Wildman–Crippen MR) is 243 cm³/mol. The number of alkyl carbamates (subject to hydrolysis) is 2.